The molecule has 0 unspecified atom stereocenters. The lowest BCUT2D eigenvalue weighted by Crippen LogP contribution is -2.36. The predicted molar refractivity (Wildman–Crippen MR) is 123 cm³/mol. The molecule has 0 fully saturated rings. The van der Waals surface area contributed by atoms with Gasteiger partial charge in [0.25, 0.3) is 5.56 Å². The fraction of sp³-hybridized carbons (Fsp3) is 0.208. The molecule has 0 bridgehead atoms. The van der Waals surface area contributed by atoms with Crippen LogP contribution in [0.2, 0.25) is 0 Å². The van der Waals surface area contributed by atoms with Crippen LogP contribution in [0.25, 0.3) is 12.2 Å². The first-order valence-electron chi connectivity index (χ1n) is 10.1. The van der Waals surface area contributed by atoms with Crippen LogP contribution in [0.5, 0.6) is 0 Å². The minimum atomic E-state index is -0.605. The first-order valence-corrected chi connectivity index (χ1v) is 11.0. The predicted octanol–water partition coefficient (Wildman–Crippen LogP) is 2.42. The fourth-order valence-corrected chi connectivity index (χ4v) is 4.02. The van der Waals surface area contributed by atoms with Crippen molar-refractivity contribution < 1.29 is 18.7 Å². The summed E-state index contributed by atoms with van der Waals surface area (Å²) in [6, 6.07) is 13.2. The van der Waals surface area contributed by atoms with E-state index in [4.69, 9.17) is 4.74 Å². The van der Waals surface area contributed by atoms with Gasteiger partial charge in [-0.15, -0.1) is 11.3 Å². The summed E-state index contributed by atoms with van der Waals surface area (Å²) in [5, 5.41) is 2.56. The number of esters is 1. The molecular formula is C24H23FN2O4S. The monoisotopic (exact) mass is 454 g/mol. The number of rotatable bonds is 7. The number of halogens is 1. The van der Waals surface area contributed by atoms with Crippen LogP contribution >= 0.6 is 11.3 Å². The topological polar surface area (TPSA) is 77.4 Å². The number of thiazole rings is 1. The molecule has 0 radical (unpaired) electrons. The first kappa shape index (κ1) is 23.1. The van der Waals surface area contributed by atoms with Crippen LogP contribution in [0.3, 0.4) is 0 Å². The van der Waals surface area contributed by atoms with E-state index in [1.807, 2.05) is 24.3 Å². The van der Waals surface area contributed by atoms with Gasteiger partial charge in [-0.2, -0.15) is 0 Å². The summed E-state index contributed by atoms with van der Waals surface area (Å²) < 4.78 is 20.2. The van der Waals surface area contributed by atoms with Crippen LogP contribution in [-0.4, -0.2) is 23.1 Å². The third-order valence-electron chi connectivity index (χ3n) is 4.56. The number of hydrogen-bond acceptors (Lipinski definition) is 5. The van der Waals surface area contributed by atoms with Gasteiger partial charge in [0.2, 0.25) is 5.91 Å². The van der Waals surface area contributed by atoms with Crippen LogP contribution in [-0.2, 0) is 27.3 Å². The van der Waals surface area contributed by atoms with E-state index in [0.717, 1.165) is 23.3 Å². The molecule has 0 aliphatic heterocycles. The number of amides is 1. The van der Waals surface area contributed by atoms with Crippen molar-refractivity contribution in [1.29, 1.82) is 0 Å². The number of carbonyl (C=O) groups excluding carboxylic acids is 2. The Morgan fingerprint density at radius 2 is 1.91 bits per heavy atom. The SMILES string of the molecule is CCOC(=O)/C=c1\s/c(=C\c2ccc(CC)cc2)c(=O)n1CC(=O)Nc1cccc(F)c1. The molecule has 1 heterocycles. The molecule has 0 saturated carbocycles. The maximum atomic E-state index is 13.4. The second kappa shape index (κ2) is 10.7. The maximum absolute atomic E-state index is 13.4. The van der Waals surface area contributed by atoms with E-state index in [9.17, 15) is 18.8 Å². The second-order valence-electron chi connectivity index (χ2n) is 6.89. The molecule has 2 aromatic carbocycles. The van der Waals surface area contributed by atoms with Crippen LogP contribution in [0.1, 0.15) is 25.0 Å². The summed E-state index contributed by atoms with van der Waals surface area (Å²) in [5.41, 5.74) is 1.88. The average Bonchev–Trinajstić information content (AvgIpc) is 3.03. The molecule has 3 aromatic rings. The fourth-order valence-electron chi connectivity index (χ4n) is 2.99. The van der Waals surface area contributed by atoms with Crippen molar-refractivity contribution in [3.8, 4) is 0 Å². The molecule has 0 atom stereocenters. The van der Waals surface area contributed by atoms with Crippen molar-refractivity contribution in [3.63, 3.8) is 0 Å². The van der Waals surface area contributed by atoms with Gasteiger partial charge in [-0.25, -0.2) is 9.18 Å². The Morgan fingerprint density at radius 3 is 2.56 bits per heavy atom. The zero-order valence-corrected chi connectivity index (χ0v) is 18.6. The minimum Gasteiger partial charge on any atom is -0.463 e. The normalized spacial score (nSPS) is 12.1. The zero-order chi connectivity index (χ0) is 23.1. The van der Waals surface area contributed by atoms with E-state index < -0.39 is 23.3 Å². The smallest absolute Gasteiger partial charge is 0.333 e. The van der Waals surface area contributed by atoms with Crippen molar-refractivity contribution in [2.75, 3.05) is 11.9 Å². The standard InChI is InChI=1S/C24H23FN2O4S/c1-3-16-8-10-17(11-9-16)12-20-24(30)27(22(32-20)14-23(29)31-4-2)15-21(28)26-19-7-5-6-18(25)13-19/h5-14H,3-4,15H2,1-2H3,(H,26,28)/b20-12-,22-14-. The highest BCUT2D eigenvalue weighted by atomic mass is 32.1. The summed E-state index contributed by atoms with van der Waals surface area (Å²) in [5.74, 6) is -1.61. The molecule has 1 N–H and O–H groups in total. The zero-order valence-electron chi connectivity index (χ0n) is 17.8. The van der Waals surface area contributed by atoms with Gasteiger partial charge in [0.05, 0.1) is 17.2 Å². The third-order valence-corrected chi connectivity index (χ3v) is 5.62. The van der Waals surface area contributed by atoms with Gasteiger partial charge in [0.1, 0.15) is 17.0 Å². The van der Waals surface area contributed by atoms with Crippen LogP contribution in [0.15, 0.2) is 53.3 Å². The minimum absolute atomic E-state index is 0.188. The lowest BCUT2D eigenvalue weighted by molar-refractivity contribution is -0.135. The van der Waals surface area contributed by atoms with Gasteiger partial charge < -0.3 is 10.1 Å². The summed E-state index contributed by atoms with van der Waals surface area (Å²) in [6.07, 6.45) is 3.82. The van der Waals surface area contributed by atoms with Gasteiger partial charge in [0.15, 0.2) is 0 Å². The molecular weight excluding hydrogens is 431 g/mol. The highest BCUT2D eigenvalue weighted by molar-refractivity contribution is 7.07. The Kier molecular flexibility index (Phi) is 7.72. The molecule has 1 aromatic heterocycles. The molecule has 6 nitrogen and oxygen atoms in total. The van der Waals surface area contributed by atoms with Crippen LogP contribution in [0, 0.1) is 5.82 Å². The number of anilines is 1. The highest BCUT2D eigenvalue weighted by Gasteiger charge is 2.12. The van der Waals surface area contributed by atoms with Crippen LogP contribution < -0.4 is 20.1 Å². The molecule has 166 valence electrons. The lowest BCUT2D eigenvalue weighted by atomic mass is 10.1. The van der Waals surface area contributed by atoms with E-state index in [1.165, 1.54) is 34.4 Å². The average molecular weight is 455 g/mol. The Labute approximate surface area is 188 Å². The molecule has 1 amide bonds. The van der Waals surface area contributed by atoms with Crippen molar-refractivity contribution in [2.24, 2.45) is 0 Å². The summed E-state index contributed by atoms with van der Waals surface area (Å²) in [6.45, 7) is 3.59. The van der Waals surface area contributed by atoms with E-state index in [1.54, 1.807) is 19.1 Å². The van der Waals surface area contributed by atoms with E-state index in [2.05, 4.69) is 12.2 Å². The summed E-state index contributed by atoms with van der Waals surface area (Å²) in [7, 11) is 0. The van der Waals surface area contributed by atoms with Crippen molar-refractivity contribution >= 4 is 41.1 Å². The molecule has 0 aliphatic rings. The number of aromatic nitrogens is 1. The van der Waals surface area contributed by atoms with Gasteiger partial charge in [-0.3, -0.25) is 14.2 Å². The largest absolute Gasteiger partial charge is 0.463 e. The van der Waals surface area contributed by atoms with Crippen molar-refractivity contribution in [3.05, 3.63) is 85.0 Å². The highest BCUT2D eigenvalue weighted by Crippen LogP contribution is 2.09. The summed E-state index contributed by atoms with van der Waals surface area (Å²) in [4.78, 5) is 37.5. The van der Waals surface area contributed by atoms with Gasteiger partial charge >= 0.3 is 5.97 Å². The molecule has 8 heteroatoms. The van der Waals surface area contributed by atoms with Gasteiger partial charge in [0, 0.05) is 5.69 Å². The summed E-state index contributed by atoms with van der Waals surface area (Å²) >= 11 is 1.09. The van der Waals surface area contributed by atoms with Crippen molar-refractivity contribution in [1.82, 2.24) is 4.57 Å². The Bertz CT molecular complexity index is 1290. The van der Waals surface area contributed by atoms with E-state index >= 15 is 0 Å². The van der Waals surface area contributed by atoms with Crippen molar-refractivity contribution in [2.45, 2.75) is 26.8 Å². The molecule has 0 spiro atoms. The van der Waals surface area contributed by atoms with Crippen LogP contribution in [0.4, 0.5) is 10.1 Å². The number of nitrogens with one attached hydrogen (secondary N) is 1. The molecule has 3 rings (SSSR count). The number of aryl methyl sites for hydroxylation is 1. The number of carbonyl (C=O) groups is 2. The van der Waals surface area contributed by atoms with Gasteiger partial charge in [-0.05, 0) is 48.7 Å². The quantitative estimate of drug-likeness (QED) is 0.557. The molecule has 0 saturated heterocycles. The Hall–Kier alpha value is -3.52. The Morgan fingerprint density at radius 1 is 1.16 bits per heavy atom. The maximum Gasteiger partial charge on any atom is 0.333 e. The first-order chi connectivity index (χ1) is 15.4. The number of ether oxygens (including phenoxy) is 1. The molecule has 32 heavy (non-hydrogen) atoms. The van der Waals surface area contributed by atoms with E-state index in [0.29, 0.717) is 9.20 Å². The van der Waals surface area contributed by atoms with Gasteiger partial charge in [-0.1, -0.05) is 37.3 Å². The number of hydrogen-bond donors (Lipinski definition) is 1. The Balaban J connectivity index is 1.98. The number of nitrogens with zero attached hydrogens (tertiary/aromatic N) is 1. The molecule has 0 aliphatic carbocycles. The van der Waals surface area contributed by atoms with E-state index in [-0.39, 0.29) is 18.8 Å². The lowest BCUT2D eigenvalue weighted by Gasteiger charge is -2.06. The third kappa shape index (κ3) is 6.01. The second-order valence-corrected chi connectivity index (χ2v) is 7.95. The number of benzene rings is 2.